The van der Waals surface area contributed by atoms with Gasteiger partial charge in [0.25, 0.3) is 0 Å². The Morgan fingerprint density at radius 2 is 1.75 bits per heavy atom. The molecule has 1 saturated carbocycles. The van der Waals surface area contributed by atoms with Crippen molar-refractivity contribution in [3.63, 3.8) is 0 Å². The van der Waals surface area contributed by atoms with Gasteiger partial charge in [-0.15, -0.1) is 0 Å². The fourth-order valence-corrected chi connectivity index (χ4v) is 4.99. The molecule has 1 aromatic heterocycles. The van der Waals surface area contributed by atoms with Crippen LogP contribution in [-0.4, -0.2) is 28.9 Å². The van der Waals surface area contributed by atoms with Crippen molar-refractivity contribution < 1.29 is 27.4 Å². The van der Waals surface area contributed by atoms with Crippen LogP contribution in [0.3, 0.4) is 0 Å². The van der Waals surface area contributed by atoms with Crippen molar-refractivity contribution >= 4 is 16.9 Å². The summed E-state index contributed by atoms with van der Waals surface area (Å²) in [6.45, 7) is 11.1. The van der Waals surface area contributed by atoms with E-state index in [0.29, 0.717) is 5.75 Å². The summed E-state index contributed by atoms with van der Waals surface area (Å²) in [5.41, 5.74) is 4.34. The highest BCUT2D eigenvalue weighted by Gasteiger charge is 2.55. The monoisotopic (exact) mass is 499 g/mol. The summed E-state index contributed by atoms with van der Waals surface area (Å²) in [7, 11) is 0. The second-order valence-corrected chi connectivity index (χ2v) is 9.79. The van der Waals surface area contributed by atoms with Gasteiger partial charge in [-0.3, -0.25) is 0 Å². The zero-order valence-electron chi connectivity index (χ0n) is 21.1. The molecule has 3 unspecified atom stereocenters. The number of hydrogen-bond acceptors (Lipinski definition) is 3. The van der Waals surface area contributed by atoms with Gasteiger partial charge in [-0.25, -0.2) is 4.79 Å². The largest absolute Gasteiger partial charge is 0.490 e. The van der Waals surface area contributed by atoms with Gasteiger partial charge in [-0.2, -0.15) is 13.2 Å². The lowest BCUT2D eigenvalue weighted by Gasteiger charge is -2.27. The fraction of sp³-hybridized carbons (Fsp3) is 0.414. The van der Waals surface area contributed by atoms with Crippen molar-refractivity contribution in [2.75, 3.05) is 0 Å². The average Bonchev–Trinajstić information content (AvgIpc) is 3.40. The summed E-state index contributed by atoms with van der Waals surface area (Å²) in [6.07, 6.45) is -5.83. The molecule has 0 aliphatic heterocycles. The van der Waals surface area contributed by atoms with Crippen LogP contribution in [0.2, 0.25) is 0 Å². The van der Waals surface area contributed by atoms with Crippen molar-refractivity contribution in [1.29, 1.82) is 0 Å². The van der Waals surface area contributed by atoms with Crippen LogP contribution in [0.1, 0.15) is 52.1 Å². The topological polar surface area (TPSA) is 40.5 Å². The van der Waals surface area contributed by atoms with Crippen LogP contribution in [0.5, 0.6) is 5.75 Å². The van der Waals surface area contributed by atoms with Gasteiger partial charge in [0, 0.05) is 28.8 Å². The fourth-order valence-electron chi connectivity index (χ4n) is 4.99. The Labute approximate surface area is 209 Å². The maximum atomic E-state index is 14.0. The van der Waals surface area contributed by atoms with Gasteiger partial charge < -0.3 is 14.0 Å². The third kappa shape index (κ3) is 5.15. The molecule has 36 heavy (non-hydrogen) atoms. The molecule has 0 bridgehead atoms. The van der Waals surface area contributed by atoms with E-state index in [4.69, 9.17) is 9.47 Å². The second kappa shape index (κ2) is 10.0. The minimum absolute atomic E-state index is 0.0698. The number of halogens is 3. The Hall–Kier alpha value is -3.22. The van der Waals surface area contributed by atoms with E-state index in [1.165, 1.54) is 12.5 Å². The molecule has 1 aliphatic carbocycles. The molecule has 1 heterocycles. The van der Waals surface area contributed by atoms with Crippen LogP contribution in [0.4, 0.5) is 13.2 Å². The number of rotatable bonds is 7. The number of ether oxygens (including phenoxy) is 2. The van der Waals surface area contributed by atoms with E-state index in [9.17, 15) is 18.0 Å². The Morgan fingerprint density at radius 3 is 2.33 bits per heavy atom. The summed E-state index contributed by atoms with van der Waals surface area (Å²) in [4.78, 5) is 11.9. The molecular weight excluding hydrogens is 467 g/mol. The number of carbonyl (C=O) groups is 1. The van der Waals surface area contributed by atoms with Gasteiger partial charge in [0.1, 0.15) is 23.9 Å². The number of aryl methyl sites for hydroxylation is 1. The Balaban J connectivity index is 1.65. The SMILES string of the molecule is C=C(C)C(=O)OC1CCC(Oc2ccc3cc(-c4ccc(CC)cc4)n(C(C)C)c3c2)C1C(F)(F)F. The van der Waals surface area contributed by atoms with Gasteiger partial charge in [-0.05, 0) is 69.4 Å². The molecule has 0 radical (unpaired) electrons. The van der Waals surface area contributed by atoms with E-state index < -0.39 is 30.3 Å². The van der Waals surface area contributed by atoms with Crippen LogP contribution in [0, 0.1) is 5.92 Å². The van der Waals surface area contributed by atoms with Crippen molar-refractivity contribution in [3.8, 4) is 17.0 Å². The summed E-state index contributed by atoms with van der Waals surface area (Å²) in [6, 6.07) is 16.0. The van der Waals surface area contributed by atoms with Gasteiger partial charge in [0.2, 0.25) is 0 Å². The van der Waals surface area contributed by atoms with Crippen molar-refractivity contribution in [2.24, 2.45) is 5.92 Å². The van der Waals surface area contributed by atoms with Crippen LogP contribution in [-0.2, 0) is 16.0 Å². The van der Waals surface area contributed by atoms with E-state index in [1.54, 1.807) is 12.1 Å². The summed E-state index contributed by atoms with van der Waals surface area (Å²) < 4.78 is 55.2. The van der Waals surface area contributed by atoms with Crippen molar-refractivity contribution in [1.82, 2.24) is 4.57 Å². The van der Waals surface area contributed by atoms with E-state index in [1.807, 2.05) is 6.07 Å². The lowest BCUT2D eigenvalue weighted by molar-refractivity contribution is -0.215. The highest BCUT2D eigenvalue weighted by molar-refractivity contribution is 5.88. The normalized spacial score (nSPS) is 20.2. The second-order valence-electron chi connectivity index (χ2n) is 9.79. The minimum Gasteiger partial charge on any atom is -0.490 e. The van der Waals surface area contributed by atoms with Gasteiger partial charge in [0.15, 0.2) is 0 Å². The summed E-state index contributed by atoms with van der Waals surface area (Å²) in [5.74, 6) is -2.35. The molecule has 0 saturated heterocycles. The summed E-state index contributed by atoms with van der Waals surface area (Å²) in [5, 5.41) is 0.984. The first-order valence-electron chi connectivity index (χ1n) is 12.3. The zero-order valence-corrected chi connectivity index (χ0v) is 21.1. The number of hydrogen-bond donors (Lipinski definition) is 0. The predicted octanol–water partition coefficient (Wildman–Crippen LogP) is 7.66. The van der Waals surface area contributed by atoms with Gasteiger partial charge in [-0.1, -0.05) is 37.8 Å². The molecular formula is C29H32F3NO3. The molecule has 7 heteroatoms. The maximum absolute atomic E-state index is 14.0. The average molecular weight is 500 g/mol. The van der Waals surface area contributed by atoms with Crippen LogP contribution < -0.4 is 4.74 Å². The molecule has 2 aromatic carbocycles. The molecule has 0 N–H and O–H groups in total. The molecule has 0 amide bonds. The Kier molecular flexibility index (Phi) is 7.21. The predicted molar refractivity (Wildman–Crippen MR) is 135 cm³/mol. The van der Waals surface area contributed by atoms with Gasteiger partial charge in [0.05, 0.1) is 5.52 Å². The molecule has 3 atom stereocenters. The number of esters is 1. The first-order valence-corrected chi connectivity index (χ1v) is 12.3. The highest BCUT2D eigenvalue weighted by atomic mass is 19.4. The van der Waals surface area contributed by atoms with E-state index in [0.717, 1.165) is 28.6 Å². The van der Waals surface area contributed by atoms with Crippen LogP contribution in [0.15, 0.2) is 60.7 Å². The first-order chi connectivity index (χ1) is 17.0. The molecule has 3 aromatic rings. The number of alkyl halides is 3. The third-order valence-electron chi connectivity index (χ3n) is 6.80. The van der Waals surface area contributed by atoms with Gasteiger partial charge >= 0.3 is 12.1 Å². The molecule has 1 fully saturated rings. The highest BCUT2D eigenvalue weighted by Crippen LogP contribution is 2.43. The van der Waals surface area contributed by atoms with Crippen LogP contribution in [0.25, 0.3) is 22.2 Å². The zero-order chi connectivity index (χ0) is 26.2. The lowest BCUT2D eigenvalue weighted by Crippen LogP contribution is -2.41. The molecule has 0 spiro atoms. The number of carbonyl (C=O) groups excluding carboxylic acids is 1. The van der Waals surface area contributed by atoms with Crippen LogP contribution >= 0.6 is 0 Å². The Bertz CT molecular complexity index is 1260. The number of aromatic nitrogens is 1. The first kappa shape index (κ1) is 25.9. The number of fused-ring (bicyclic) bond motifs is 1. The molecule has 4 rings (SSSR count). The van der Waals surface area contributed by atoms with E-state index in [2.05, 4.69) is 62.2 Å². The maximum Gasteiger partial charge on any atom is 0.398 e. The Morgan fingerprint density at radius 1 is 1.08 bits per heavy atom. The minimum atomic E-state index is -4.57. The summed E-state index contributed by atoms with van der Waals surface area (Å²) >= 11 is 0. The standard InChI is InChI=1S/C29H32F3NO3/c1-6-19-7-9-20(10-8-19)23-15-21-11-12-22(16-24(21)33(23)18(4)5)35-25-13-14-26(27(25)29(30,31)32)36-28(34)17(2)3/h7-12,15-16,18,25-27H,2,6,13-14H2,1,3-5H3. The molecule has 192 valence electrons. The number of benzene rings is 2. The quantitative estimate of drug-likeness (QED) is 0.248. The third-order valence-corrected chi connectivity index (χ3v) is 6.80. The van der Waals surface area contributed by atoms with Crippen molar-refractivity contribution in [3.05, 3.63) is 66.2 Å². The van der Waals surface area contributed by atoms with Crippen molar-refractivity contribution in [2.45, 2.75) is 71.4 Å². The molecule has 1 aliphatic rings. The van der Waals surface area contributed by atoms with E-state index in [-0.39, 0.29) is 24.5 Å². The lowest BCUT2D eigenvalue weighted by atomic mass is 10.0. The number of nitrogens with zero attached hydrogens (tertiary/aromatic N) is 1. The van der Waals surface area contributed by atoms with E-state index >= 15 is 0 Å². The smallest absolute Gasteiger partial charge is 0.398 e. The molecule has 4 nitrogen and oxygen atoms in total.